The number of thiol groups is 1. The van der Waals surface area contributed by atoms with Crippen molar-refractivity contribution in [1.82, 2.24) is 9.88 Å². The van der Waals surface area contributed by atoms with Gasteiger partial charge in [0.2, 0.25) is 0 Å². The predicted molar refractivity (Wildman–Crippen MR) is 59.3 cm³/mol. The van der Waals surface area contributed by atoms with Crippen LogP contribution in [0, 0.1) is 0 Å². The van der Waals surface area contributed by atoms with Crippen LogP contribution in [0.3, 0.4) is 0 Å². The first kappa shape index (κ1) is 9.49. The highest BCUT2D eigenvalue weighted by Crippen LogP contribution is 2.16. The van der Waals surface area contributed by atoms with Gasteiger partial charge in [0.05, 0.1) is 12.2 Å². The summed E-state index contributed by atoms with van der Waals surface area (Å²) in [4.78, 5) is 6.97. The van der Waals surface area contributed by atoms with Gasteiger partial charge in [-0.2, -0.15) is 12.6 Å². The molecule has 1 aliphatic heterocycles. The van der Waals surface area contributed by atoms with Gasteiger partial charge in [0.15, 0.2) is 0 Å². The summed E-state index contributed by atoms with van der Waals surface area (Å²) in [5.41, 5.74) is 1.11. The fourth-order valence-electron chi connectivity index (χ4n) is 1.63. The Hall–Kier alpha value is -0.0600. The fourth-order valence-corrected chi connectivity index (χ4v) is 2.75. The Morgan fingerprint density at radius 3 is 2.85 bits per heavy atom. The van der Waals surface area contributed by atoms with Crippen LogP contribution >= 0.6 is 24.0 Å². The highest BCUT2D eigenvalue weighted by molar-refractivity contribution is 7.79. The molecule has 2 rings (SSSR count). The van der Waals surface area contributed by atoms with E-state index in [1.54, 1.807) is 11.3 Å². The standard InChI is InChI=1S/C9H14N2S2/c12-6-8-7-13-9(10-8)5-11-3-1-2-4-11/h7,12H,1-6H2. The molecule has 0 atom stereocenters. The van der Waals surface area contributed by atoms with E-state index < -0.39 is 0 Å². The summed E-state index contributed by atoms with van der Waals surface area (Å²) in [6.07, 6.45) is 2.70. The highest BCUT2D eigenvalue weighted by atomic mass is 32.1. The highest BCUT2D eigenvalue weighted by Gasteiger charge is 2.13. The topological polar surface area (TPSA) is 16.1 Å². The average Bonchev–Trinajstić information content (AvgIpc) is 2.76. The second-order valence-corrected chi connectivity index (χ2v) is 4.63. The fraction of sp³-hybridized carbons (Fsp3) is 0.667. The molecule has 0 aromatic carbocycles. The van der Waals surface area contributed by atoms with Crippen molar-refractivity contribution in [2.45, 2.75) is 25.1 Å². The number of rotatable bonds is 3. The van der Waals surface area contributed by atoms with E-state index in [2.05, 4.69) is 27.9 Å². The minimum absolute atomic E-state index is 0.760. The van der Waals surface area contributed by atoms with E-state index in [9.17, 15) is 0 Å². The summed E-state index contributed by atoms with van der Waals surface area (Å²) >= 11 is 5.96. The third-order valence-electron chi connectivity index (χ3n) is 2.32. The van der Waals surface area contributed by atoms with Gasteiger partial charge in [-0.1, -0.05) is 0 Å². The van der Waals surface area contributed by atoms with Gasteiger partial charge in [-0.15, -0.1) is 11.3 Å². The molecule has 1 saturated heterocycles. The quantitative estimate of drug-likeness (QED) is 0.776. The van der Waals surface area contributed by atoms with Crippen molar-refractivity contribution in [3.05, 3.63) is 16.1 Å². The Labute approximate surface area is 88.4 Å². The molecular weight excluding hydrogens is 200 g/mol. The van der Waals surface area contributed by atoms with Gasteiger partial charge in [0.25, 0.3) is 0 Å². The first-order valence-electron chi connectivity index (χ1n) is 4.65. The molecule has 13 heavy (non-hydrogen) atoms. The van der Waals surface area contributed by atoms with Crippen molar-refractivity contribution < 1.29 is 0 Å². The molecule has 1 fully saturated rings. The Morgan fingerprint density at radius 1 is 1.46 bits per heavy atom. The van der Waals surface area contributed by atoms with Crippen molar-refractivity contribution in [3.8, 4) is 0 Å². The zero-order valence-corrected chi connectivity index (χ0v) is 9.28. The van der Waals surface area contributed by atoms with Crippen LogP contribution in [0.15, 0.2) is 5.38 Å². The number of nitrogens with zero attached hydrogens (tertiary/aromatic N) is 2. The third-order valence-corrected chi connectivity index (χ3v) is 3.53. The maximum Gasteiger partial charge on any atom is 0.107 e. The van der Waals surface area contributed by atoms with Crippen LogP contribution < -0.4 is 0 Å². The lowest BCUT2D eigenvalue weighted by molar-refractivity contribution is 0.330. The molecule has 4 heteroatoms. The van der Waals surface area contributed by atoms with Gasteiger partial charge < -0.3 is 0 Å². The summed E-state index contributed by atoms with van der Waals surface area (Å²) in [5.74, 6) is 0.760. The molecule has 2 nitrogen and oxygen atoms in total. The molecule has 0 N–H and O–H groups in total. The Kier molecular flexibility index (Phi) is 3.24. The van der Waals surface area contributed by atoms with Crippen LogP contribution in [-0.4, -0.2) is 23.0 Å². The van der Waals surface area contributed by atoms with Crippen LogP contribution in [0.4, 0.5) is 0 Å². The molecule has 0 spiro atoms. The Balaban J connectivity index is 1.92. The van der Waals surface area contributed by atoms with Crippen LogP contribution in [0.2, 0.25) is 0 Å². The van der Waals surface area contributed by atoms with Crippen LogP contribution in [0.1, 0.15) is 23.5 Å². The Morgan fingerprint density at radius 2 is 2.23 bits per heavy atom. The van der Waals surface area contributed by atoms with Crippen molar-refractivity contribution in [2.75, 3.05) is 13.1 Å². The molecule has 0 saturated carbocycles. The number of hydrogen-bond donors (Lipinski definition) is 1. The lowest BCUT2D eigenvalue weighted by atomic mass is 10.4. The van der Waals surface area contributed by atoms with Gasteiger partial charge in [-0.3, -0.25) is 4.90 Å². The molecule has 0 unspecified atom stereocenters. The molecular formula is C9H14N2S2. The first-order chi connectivity index (χ1) is 6.38. The van der Waals surface area contributed by atoms with E-state index in [0.717, 1.165) is 18.0 Å². The minimum atomic E-state index is 0.760. The molecule has 2 heterocycles. The van der Waals surface area contributed by atoms with Crippen LogP contribution in [0.25, 0.3) is 0 Å². The normalized spacial score (nSPS) is 18.2. The Bertz CT molecular complexity index is 266. The summed E-state index contributed by atoms with van der Waals surface area (Å²) in [5, 5.41) is 3.35. The summed E-state index contributed by atoms with van der Waals surface area (Å²) in [6.45, 7) is 3.53. The molecule has 0 amide bonds. The minimum Gasteiger partial charge on any atom is -0.297 e. The maximum atomic E-state index is 4.49. The molecule has 72 valence electrons. The number of aromatic nitrogens is 1. The molecule has 0 aliphatic carbocycles. The van der Waals surface area contributed by atoms with Gasteiger partial charge >= 0.3 is 0 Å². The van der Waals surface area contributed by atoms with E-state index in [0.29, 0.717) is 0 Å². The largest absolute Gasteiger partial charge is 0.297 e. The van der Waals surface area contributed by atoms with Crippen LogP contribution in [-0.2, 0) is 12.3 Å². The first-order valence-corrected chi connectivity index (χ1v) is 6.16. The van der Waals surface area contributed by atoms with E-state index in [1.165, 1.54) is 30.9 Å². The van der Waals surface area contributed by atoms with E-state index >= 15 is 0 Å². The number of likely N-dealkylation sites (tertiary alicyclic amines) is 1. The SMILES string of the molecule is SCc1csc(CN2CCCC2)n1. The summed E-state index contributed by atoms with van der Waals surface area (Å²) in [7, 11) is 0. The zero-order chi connectivity index (χ0) is 9.10. The number of hydrogen-bond acceptors (Lipinski definition) is 4. The third kappa shape index (κ3) is 2.45. The van der Waals surface area contributed by atoms with E-state index in [-0.39, 0.29) is 0 Å². The lowest BCUT2D eigenvalue weighted by Crippen LogP contribution is -2.18. The zero-order valence-electron chi connectivity index (χ0n) is 7.57. The van der Waals surface area contributed by atoms with E-state index in [4.69, 9.17) is 0 Å². The second-order valence-electron chi connectivity index (χ2n) is 3.37. The second kappa shape index (κ2) is 4.44. The smallest absolute Gasteiger partial charge is 0.107 e. The lowest BCUT2D eigenvalue weighted by Gasteiger charge is -2.11. The van der Waals surface area contributed by atoms with E-state index in [1.807, 2.05) is 0 Å². The molecule has 0 bridgehead atoms. The van der Waals surface area contributed by atoms with Crippen molar-refractivity contribution >= 4 is 24.0 Å². The van der Waals surface area contributed by atoms with Crippen molar-refractivity contribution in [2.24, 2.45) is 0 Å². The molecule has 1 aromatic heterocycles. The summed E-state index contributed by atoms with van der Waals surface area (Å²) in [6, 6.07) is 0. The number of thiazole rings is 1. The maximum absolute atomic E-state index is 4.49. The molecule has 1 aliphatic rings. The van der Waals surface area contributed by atoms with Crippen molar-refractivity contribution in [1.29, 1.82) is 0 Å². The summed E-state index contributed by atoms with van der Waals surface area (Å²) < 4.78 is 0. The molecule has 1 aromatic rings. The molecule has 0 radical (unpaired) electrons. The van der Waals surface area contributed by atoms with Gasteiger partial charge in [0.1, 0.15) is 5.01 Å². The van der Waals surface area contributed by atoms with Crippen LogP contribution in [0.5, 0.6) is 0 Å². The van der Waals surface area contributed by atoms with Gasteiger partial charge in [-0.05, 0) is 25.9 Å². The van der Waals surface area contributed by atoms with Crippen molar-refractivity contribution in [3.63, 3.8) is 0 Å². The average molecular weight is 214 g/mol. The van der Waals surface area contributed by atoms with Gasteiger partial charge in [-0.25, -0.2) is 4.98 Å². The predicted octanol–water partition coefficient (Wildman–Crippen LogP) is 2.17. The van der Waals surface area contributed by atoms with Gasteiger partial charge in [0, 0.05) is 11.1 Å². The monoisotopic (exact) mass is 214 g/mol.